The quantitative estimate of drug-likeness (QED) is 0.649. The van der Waals surface area contributed by atoms with E-state index >= 15 is 0 Å². The Bertz CT molecular complexity index is 110. The van der Waals surface area contributed by atoms with Crippen LogP contribution < -0.4 is 5.32 Å². The number of rotatable bonds is 5. The minimum absolute atomic E-state index is 0.597. The zero-order valence-corrected chi connectivity index (χ0v) is 7.76. The number of methoxy groups -OCH3 is 1. The Morgan fingerprint density at radius 2 is 2.27 bits per heavy atom. The van der Waals surface area contributed by atoms with Gasteiger partial charge >= 0.3 is 0 Å². The highest BCUT2D eigenvalue weighted by molar-refractivity contribution is 4.92. The lowest BCUT2D eigenvalue weighted by molar-refractivity contribution is 0.156. The molecule has 0 aliphatic heterocycles. The fraction of sp³-hybridized carbons (Fsp3) is 1.00. The van der Waals surface area contributed by atoms with E-state index in [4.69, 9.17) is 4.74 Å². The molecule has 0 amide bonds. The molecule has 1 rings (SSSR count). The van der Waals surface area contributed by atoms with Crippen molar-refractivity contribution in [2.45, 2.75) is 26.3 Å². The first kappa shape index (κ1) is 9.01. The average molecular weight is 157 g/mol. The van der Waals surface area contributed by atoms with E-state index in [1.165, 1.54) is 6.42 Å². The number of hydrogen-bond acceptors (Lipinski definition) is 2. The molecule has 0 aromatic heterocycles. The molecule has 0 saturated heterocycles. The number of hydrogen-bond donors (Lipinski definition) is 1. The van der Waals surface area contributed by atoms with Crippen molar-refractivity contribution in [1.82, 2.24) is 5.32 Å². The van der Waals surface area contributed by atoms with Crippen molar-refractivity contribution < 1.29 is 4.74 Å². The zero-order chi connectivity index (χ0) is 8.27. The highest BCUT2D eigenvalue weighted by Gasteiger charge is 2.38. The Balaban J connectivity index is 2.22. The third kappa shape index (κ3) is 2.46. The molecule has 1 aliphatic rings. The van der Waals surface area contributed by atoms with Crippen molar-refractivity contribution in [2.75, 3.05) is 20.3 Å². The molecule has 1 fully saturated rings. The lowest BCUT2D eigenvalue weighted by Crippen LogP contribution is -2.35. The van der Waals surface area contributed by atoms with Gasteiger partial charge in [0, 0.05) is 13.2 Å². The summed E-state index contributed by atoms with van der Waals surface area (Å²) in [4.78, 5) is 0. The van der Waals surface area contributed by atoms with Crippen LogP contribution in [-0.4, -0.2) is 26.3 Å². The normalized spacial score (nSPS) is 31.9. The van der Waals surface area contributed by atoms with Crippen LogP contribution in [0.3, 0.4) is 0 Å². The Hall–Kier alpha value is -0.0800. The maximum Gasteiger partial charge on any atom is 0.0618 e. The molecule has 1 aliphatic carbocycles. The second kappa shape index (κ2) is 4.07. The second-order valence-corrected chi connectivity index (χ2v) is 3.50. The van der Waals surface area contributed by atoms with Gasteiger partial charge < -0.3 is 10.1 Å². The Morgan fingerprint density at radius 1 is 1.64 bits per heavy atom. The zero-order valence-electron chi connectivity index (χ0n) is 7.76. The Kier molecular flexibility index (Phi) is 3.34. The van der Waals surface area contributed by atoms with Crippen molar-refractivity contribution in [3.05, 3.63) is 0 Å². The van der Waals surface area contributed by atoms with Gasteiger partial charge in [-0.1, -0.05) is 13.8 Å². The summed E-state index contributed by atoms with van der Waals surface area (Å²) in [6.45, 7) is 6.38. The van der Waals surface area contributed by atoms with Gasteiger partial charge in [-0.25, -0.2) is 0 Å². The predicted molar refractivity (Wildman–Crippen MR) is 46.6 cm³/mol. The van der Waals surface area contributed by atoms with Gasteiger partial charge in [-0.15, -0.1) is 0 Å². The SMILES string of the molecule is CCNC(COC)C1CC1C. The maximum atomic E-state index is 5.14. The molecule has 1 saturated carbocycles. The number of likely N-dealkylation sites (N-methyl/N-ethyl adjacent to an activating group) is 1. The van der Waals surface area contributed by atoms with Crippen LogP contribution in [0.15, 0.2) is 0 Å². The fourth-order valence-electron chi connectivity index (χ4n) is 1.69. The summed E-state index contributed by atoms with van der Waals surface area (Å²) in [7, 11) is 1.78. The largest absolute Gasteiger partial charge is 0.383 e. The van der Waals surface area contributed by atoms with Crippen molar-refractivity contribution in [2.24, 2.45) is 11.8 Å². The second-order valence-electron chi connectivity index (χ2n) is 3.50. The van der Waals surface area contributed by atoms with Crippen LogP contribution in [0.1, 0.15) is 20.3 Å². The topological polar surface area (TPSA) is 21.3 Å². The molecule has 0 heterocycles. The van der Waals surface area contributed by atoms with E-state index in [2.05, 4.69) is 19.2 Å². The van der Waals surface area contributed by atoms with Gasteiger partial charge in [0.05, 0.1) is 6.61 Å². The highest BCUT2D eigenvalue weighted by Crippen LogP contribution is 2.40. The van der Waals surface area contributed by atoms with E-state index in [-0.39, 0.29) is 0 Å². The molecule has 0 bridgehead atoms. The average Bonchev–Trinajstić information content (AvgIpc) is 2.67. The molecule has 0 radical (unpaired) electrons. The van der Waals surface area contributed by atoms with E-state index in [1.54, 1.807) is 7.11 Å². The fourth-order valence-corrected chi connectivity index (χ4v) is 1.69. The molecular weight excluding hydrogens is 138 g/mol. The van der Waals surface area contributed by atoms with Gasteiger partial charge in [0.25, 0.3) is 0 Å². The molecule has 0 aromatic rings. The third-order valence-corrected chi connectivity index (χ3v) is 2.50. The summed E-state index contributed by atoms with van der Waals surface area (Å²) in [5.41, 5.74) is 0. The first-order valence-electron chi connectivity index (χ1n) is 4.52. The maximum absolute atomic E-state index is 5.14. The minimum Gasteiger partial charge on any atom is -0.383 e. The van der Waals surface area contributed by atoms with Gasteiger partial charge in [-0.2, -0.15) is 0 Å². The van der Waals surface area contributed by atoms with Crippen molar-refractivity contribution in [3.63, 3.8) is 0 Å². The molecular formula is C9H19NO. The van der Waals surface area contributed by atoms with E-state index in [0.29, 0.717) is 6.04 Å². The van der Waals surface area contributed by atoms with Crippen molar-refractivity contribution >= 4 is 0 Å². The van der Waals surface area contributed by atoms with Crippen LogP contribution in [0.4, 0.5) is 0 Å². The Labute approximate surface area is 69.3 Å². The van der Waals surface area contributed by atoms with E-state index < -0.39 is 0 Å². The molecule has 66 valence electrons. The van der Waals surface area contributed by atoms with Crippen LogP contribution in [0, 0.1) is 11.8 Å². The van der Waals surface area contributed by atoms with Crippen molar-refractivity contribution in [3.8, 4) is 0 Å². The molecule has 2 nitrogen and oxygen atoms in total. The van der Waals surface area contributed by atoms with Crippen LogP contribution in [0.25, 0.3) is 0 Å². The molecule has 1 N–H and O–H groups in total. The predicted octanol–water partition coefficient (Wildman–Crippen LogP) is 1.27. The van der Waals surface area contributed by atoms with Crippen LogP contribution >= 0.6 is 0 Å². The highest BCUT2D eigenvalue weighted by atomic mass is 16.5. The molecule has 11 heavy (non-hydrogen) atoms. The number of nitrogens with one attached hydrogen (secondary N) is 1. The molecule has 0 aromatic carbocycles. The van der Waals surface area contributed by atoms with Crippen LogP contribution in [0.2, 0.25) is 0 Å². The Morgan fingerprint density at radius 3 is 2.64 bits per heavy atom. The van der Waals surface area contributed by atoms with Gasteiger partial charge in [0.2, 0.25) is 0 Å². The summed E-state index contributed by atoms with van der Waals surface area (Å²) in [6.07, 6.45) is 1.38. The lowest BCUT2D eigenvalue weighted by atomic mass is 10.1. The van der Waals surface area contributed by atoms with Crippen LogP contribution in [-0.2, 0) is 4.74 Å². The van der Waals surface area contributed by atoms with Crippen LogP contribution in [0.5, 0.6) is 0 Å². The van der Waals surface area contributed by atoms with E-state index in [0.717, 1.165) is 25.0 Å². The molecule has 3 atom stereocenters. The van der Waals surface area contributed by atoms with Gasteiger partial charge in [0.1, 0.15) is 0 Å². The minimum atomic E-state index is 0.597. The number of ether oxygens (including phenoxy) is 1. The van der Waals surface area contributed by atoms with E-state index in [9.17, 15) is 0 Å². The van der Waals surface area contributed by atoms with Gasteiger partial charge in [-0.3, -0.25) is 0 Å². The smallest absolute Gasteiger partial charge is 0.0618 e. The summed E-state index contributed by atoms with van der Waals surface area (Å²) < 4.78 is 5.14. The molecule has 3 unspecified atom stereocenters. The van der Waals surface area contributed by atoms with E-state index in [1.807, 2.05) is 0 Å². The standard InChI is InChI=1S/C9H19NO/c1-4-10-9(6-11-3)8-5-7(8)2/h7-10H,4-6H2,1-3H3. The summed E-state index contributed by atoms with van der Waals surface area (Å²) in [5.74, 6) is 1.78. The van der Waals surface area contributed by atoms with Gasteiger partial charge in [0.15, 0.2) is 0 Å². The summed E-state index contributed by atoms with van der Waals surface area (Å²) >= 11 is 0. The third-order valence-electron chi connectivity index (χ3n) is 2.50. The molecule has 2 heteroatoms. The first-order chi connectivity index (χ1) is 5.29. The summed E-state index contributed by atoms with van der Waals surface area (Å²) in [6, 6.07) is 0.597. The van der Waals surface area contributed by atoms with Crippen molar-refractivity contribution in [1.29, 1.82) is 0 Å². The first-order valence-corrected chi connectivity index (χ1v) is 4.52. The molecule has 0 spiro atoms. The monoisotopic (exact) mass is 157 g/mol. The summed E-state index contributed by atoms with van der Waals surface area (Å²) in [5, 5.41) is 3.45. The lowest BCUT2D eigenvalue weighted by Gasteiger charge is -2.16. The van der Waals surface area contributed by atoms with Gasteiger partial charge in [-0.05, 0) is 24.8 Å².